The molecule has 4 nitrogen and oxygen atoms in total. The second kappa shape index (κ2) is 5.33. The van der Waals surface area contributed by atoms with Gasteiger partial charge in [-0.1, -0.05) is 23.2 Å². The summed E-state index contributed by atoms with van der Waals surface area (Å²) < 4.78 is 0. The highest BCUT2D eigenvalue weighted by Gasteiger charge is 2.05. The topological polar surface area (TPSA) is 71.2 Å². The molecule has 1 heterocycles. The monoisotopic (exact) mass is 283 g/mol. The number of anilines is 2. The molecule has 0 radical (unpaired) electrons. The minimum Gasteiger partial charge on any atom is -0.508 e. The van der Waals surface area contributed by atoms with E-state index in [-0.39, 0.29) is 5.75 Å². The van der Waals surface area contributed by atoms with Gasteiger partial charge >= 0.3 is 0 Å². The number of aromatic hydroxyl groups is 1. The summed E-state index contributed by atoms with van der Waals surface area (Å²) in [6.45, 7) is 0.366. The number of pyridine rings is 1. The van der Waals surface area contributed by atoms with E-state index < -0.39 is 0 Å². The van der Waals surface area contributed by atoms with Crippen LogP contribution in [-0.2, 0) is 6.54 Å². The van der Waals surface area contributed by atoms with Crippen LogP contribution in [0.1, 0.15) is 5.56 Å². The van der Waals surface area contributed by atoms with Crippen molar-refractivity contribution in [1.82, 2.24) is 4.98 Å². The molecule has 0 spiro atoms. The average Bonchev–Trinajstić information content (AvgIpc) is 2.32. The lowest BCUT2D eigenvalue weighted by molar-refractivity contribution is 0.469. The summed E-state index contributed by atoms with van der Waals surface area (Å²) in [4.78, 5) is 4.06. The smallest absolute Gasteiger partial charge is 0.145 e. The van der Waals surface area contributed by atoms with Crippen molar-refractivity contribution < 1.29 is 5.11 Å². The van der Waals surface area contributed by atoms with Gasteiger partial charge in [0.2, 0.25) is 0 Å². The molecule has 2 aromatic rings. The molecule has 0 saturated carbocycles. The predicted octanol–water partition coefficient (Wildman–Crippen LogP) is 3.29. The van der Waals surface area contributed by atoms with E-state index in [0.29, 0.717) is 33.7 Å². The maximum absolute atomic E-state index is 9.66. The van der Waals surface area contributed by atoms with E-state index in [1.54, 1.807) is 24.3 Å². The molecule has 94 valence electrons. The van der Waals surface area contributed by atoms with E-state index in [1.165, 1.54) is 6.20 Å². The lowest BCUT2D eigenvalue weighted by Crippen LogP contribution is -2.02. The fourth-order valence-electron chi connectivity index (χ4n) is 1.47. The molecule has 0 bridgehead atoms. The van der Waals surface area contributed by atoms with Gasteiger partial charge in [0.25, 0.3) is 0 Å². The molecular weight excluding hydrogens is 273 g/mol. The maximum atomic E-state index is 9.66. The predicted molar refractivity (Wildman–Crippen MR) is 74.1 cm³/mol. The Labute approximate surface area is 114 Å². The number of nitrogens with one attached hydrogen (secondary N) is 1. The van der Waals surface area contributed by atoms with Crippen molar-refractivity contribution >= 4 is 34.7 Å². The Bertz CT molecular complexity index is 575. The number of hydrogen-bond donors (Lipinski definition) is 3. The molecule has 4 N–H and O–H groups in total. The van der Waals surface area contributed by atoms with Crippen molar-refractivity contribution in [2.45, 2.75) is 6.54 Å². The fraction of sp³-hybridized carbons (Fsp3) is 0.0833. The van der Waals surface area contributed by atoms with Gasteiger partial charge in [-0.25, -0.2) is 4.98 Å². The van der Waals surface area contributed by atoms with Crippen molar-refractivity contribution in [2.75, 3.05) is 11.1 Å². The SMILES string of the molecule is Nc1ccc(O)c(CNc2ncc(Cl)cc2Cl)c1. The quantitative estimate of drug-likeness (QED) is 0.597. The number of halogens is 2. The molecule has 0 amide bonds. The third-order valence-electron chi connectivity index (χ3n) is 2.36. The Kier molecular flexibility index (Phi) is 3.79. The van der Waals surface area contributed by atoms with Crippen LogP contribution in [-0.4, -0.2) is 10.1 Å². The third-order valence-corrected chi connectivity index (χ3v) is 2.85. The largest absolute Gasteiger partial charge is 0.508 e. The lowest BCUT2D eigenvalue weighted by atomic mass is 10.2. The van der Waals surface area contributed by atoms with Crippen molar-refractivity contribution in [2.24, 2.45) is 0 Å². The van der Waals surface area contributed by atoms with Crippen LogP contribution in [0.3, 0.4) is 0 Å². The molecule has 1 aromatic carbocycles. The van der Waals surface area contributed by atoms with Crippen LogP contribution in [0.15, 0.2) is 30.5 Å². The van der Waals surface area contributed by atoms with Crippen LogP contribution >= 0.6 is 23.2 Å². The lowest BCUT2D eigenvalue weighted by Gasteiger charge is -2.09. The zero-order valence-corrected chi connectivity index (χ0v) is 10.8. The van der Waals surface area contributed by atoms with Gasteiger partial charge in [0.15, 0.2) is 0 Å². The van der Waals surface area contributed by atoms with Gasteiger partial charge in [-0.2, -0.15) is 0 Å². The first kappa shape index (κ1) is 12.8. The highest BCUT2D eigenvalue weighted by Crippen LogP contribution is 2.25. The second-order valence-corrected chi connectivity index (χ2v) is 4.57. The first-order valence-electron chi connectivity index (χ1n) is 5.18. The van der Waals surface area contributed by atoms with Gasteiger partial charge in [-0.3, -0.25) is 0 Å². The Hall–Kier alpha value is -1.65. The molecule has 1 aromatic heterocycles. The Balaban J connectivity index is 2.13. The molecule has 18 heavy (non-hydrogen) atoms. The van der Waals surface area contributed by atoms with Gasteiger partial charge in [0, 0.05) is 24.0 Å². The van der Waals surface area contributed by atoms with Crippen LogP contribution in [0.4, 0.5) is 11.5 Å². The molecule has 6 heteroatoms. The number of rotatable bonds is 3. The van der Waals surface area contributed by atoms with Crippen LogP contribution < -0.4 is 11.1 Å². The van der Waals surface area contributed by atoms with Crippen LogP contribution in [0.2, 0.25) is 10.0 Å². The molecule has 0 aliphatic rings. The van der Waals surface area contributed by atoms with Crippen LogP contribution in [0, 0.1) is 0 Å². The number of aromatic nitrogens is 1. The number of phenolic OH excluding ortho intramolecular Hbond substituents is 1. The number of nitrogen functional groups attached to an aromatic ring is 1. The Morgan fingerprint density at radius 1 is 1.28 bits per heavy atom. The minimum absolute atomic E-state index is 0.168. The summed E-state index contributed by atoms with van der Waals surface area (Å²) in [5, 5.41) is 13.6. The molecule has 0 aliphatic heterocycles. The highest BCUT2D eigenvalue weighted by atomic mass is 35.5. The van der Waals surface area contributed by atoms with Crippen LogP contribution in [0.5, 0.6) is 5.75 Å². The summed E-state index contributed by atoms with van der Waals surface area (Å²) in [6, 6.07) is 6.46. The maximum Gasteiger partial charge on any atom is 0.145 e. The number of phenols is 1. The Morgan fingerprint density at radius 2 is 2.06 bits per heavy atom. The summed E-state index contributed by atoms with van der Waals surface area (Å²) >= 11 is 11.7. The molecule has 2 rings (SSSR count). The summed E-state index contributed by atoms with van der Waals surface area (Å²) in [5.41, 5.74) is 6.90. The van der Waals surface area contributed by atoms with E-state index in [9.17, 15) is 5.11 Å². The molecular formula is C12H11Cl2N3O. The number of nitrogens with zero attached hydrogens (tertiary/aromatic N) is 1. The van der Waals surface area contributed by atoms with Crippen molar-refractivity contribution in [3.8, 4) is 5.75 Å². The third kappa shape index (κ3) is 2.97. The van der Waals surface area contributed by atoms with Gasteiger partial charge in [0.1, 0.15) is 11.6 Å². The van der Waals surface area contributed by atoms with Crippen LogP contribution in [0.25, 0.3) is 0 Å². The zero-order chi connectivity index (χ0) is 13.1. The van der Waals surface area contributed by atoms with Crippen molar-refractivity contribution in [3.05, 3.63) is 46.1 Å². The fourth-order valence-corrected chi connectivity index (χ4v) is 1.92. The van der Waals surface area contributed by atoms with Gasteiger partial charge in [-0.05, 0) is 24.3 Å². The number of hydrogen-bond acceptors (Lipinski definition) is 4. The van der Waals surface area contributed by atoms with Gasteiger partial charge < -0.3 is 16.2 Å². The zero-order valence-electron chi connectivity index (χ0n) is 9.32. The first-order chi connectivity index (χ1) is 8.56. The van der Waals surface area contributed by atoms with E-state index in [4.69, 9.17) is 28.9 Å². The molecule has 0 saturated heterocycles. The molecule has 0 fully saturated rings. The molecule has 0 atom stereocenters. The van der Waals surface area contributed by atoms with E-state index in [2.05, 4.69) is 10.3 Å². The highest BCUT2D eigenvalue weighted by molar-refractivity contribution is 6.35. The van der Waals surface area contributed by atoms with Crippen molar-refractivity contribution in [1.29, 1.82) is 0 Å². The van der Waals surface area contributed by atoms with E-state index in [0.717, 1.165) is 0 Å². The summed E-state index contributed by atoms with van der Waals surface area (Å²) in [6.07, 6.45) is 1.50. The average molecular weight is 284 g/mol. The standard InChI is InChI=1S/C12H11Cl2N3O/c13-8-4-10(14)12(17-6-8)16-5-7-3-9(15)1-2-11(7)18/h1-4,6,18H,5,15H2,(H,16,17). The summed E-state index contributed by atoms with van der Waals surface area (Å²) in [7, 11) is 0. The van der Waals surface area contributed by atoms with Gasteiger partial charge in [0.05, 0.1) is 10.0 Å². The number of benzene rings is 1. The number of nitrogens with two attached hydrogens (primary N) is 1. The second-order valence-electron chi connectivity index (χ2n) is 3.73. The molecule has 0 unspecified atom stereocenters. The normalized spacial score (nSPS) is 10.3. The molecule has 0 aliphatic carbocycles. The minimum atomic E-state index is 0.168. The van der Waals surface area contributed by atoms with Gasteiger partial charge in [-0.15, -0.1) is 0 Å². The first-order valence-corrected chi connectivity index (χ1v) is 5.94. The summed E-state index contributed by atoms with van der Waals surface area (Å²) in [5.74, 6) is 0.671. The Morgan fingerprint density at radius 3 is 2.78 bits per heavy atom. The van der Waals surface area contributed by atoms with Crippen molar-refractivity contribution in [3.63, 3.8) is 0 Å². The van der Waals surface area contributed by atoms with E-state index in [1.807, 2.05) is 0 Å². The van der Waals surface area contributed by atoms with E-state index >= 15 is 0 Å².